The lowest BCUT2D eigenvalue weighted by atomic mass is 9.97. The first kappa shape index (κ1) is 102. The Labute approximate surface area is 771 Å². The van der Waals surface area contributed by atoms with E-state index in [-0.39, 0.29) is 102 Å². The molecule has 133 heavy (non-hydrogen) atoms. The third kappa shape index (κ3) is 27.6. The smallest absolute Gasteiger partial charge is 0.246 e. The Bertz CT molecular complexity index is 5190. The Morgan fingerprint density at radius 3 is 1.63 bits per heavy atom. The minimum Gasteiger partial charge on any atom is -0.508 e. The molecule has 43 nitrogen and oxygen atoms in total. The number of nitrogens with two attached hydrogens (primary N) is 3. The molecular weight excluding hydrogens is 1740 g/mol. The van der Waals surface area contributed by atoms with Crippen LogP contribution in [0.3, 0.4) is 0 Å². The number of carbonyl (C=O) groups excluding carboxylic acids is 18. The van der Waals surface area contributed by atoms with E-state index in [0.717, 1.165) is 31.4 Å². The van der Waals surface area contributed by atoms with Gasteiger partial charge in [0.1, 0.15) is 90.3 Å². The zero-order valence-corrected chi connectivity index (χ0v) is 75.8. The van der Waals surface area contributed by atoms with Gasteiger partial charge in [-0.1, -0.05) is 88.1 Å². The molecule has 14 atom stereocenters. The second-order valence-corrected chi connectivity index (χ2v) is 34.8. The fourth-order valence-corrected chi connectivity index (χ4v) is 17.8. The molecule has 0 spiro atoms. The van der Waals surface area contributed by atoms with Crippen LogP contribution < -0.4 is 75.7 Å². The monoisotopic (exact) mass is 1860 g/mol. The van der Waals surface area contributed by atoms with Crippen LogP contribution in [0.1, 0.15) is 133 Å². The Morgan fingerprint density at radius 2 is 1.03 bits per heavy atom. The number of amides is 18. The number of H-pyrrole nitrogens is 3. The number of aliphatic hydroxyl groups is 1. The number of aromatic amines is 3. The van der Waals surface area contributed by atoms with Crippen LogP contribution in [0.4, 0.5) is 0 Å². The molecule has 0 radical (unpaired) electrons. The average Bonchev–Trinajstić information content (AvgIpc) is 1.79. The van der Waals surface area contributed by atoms with Gasteiger partial charge in [0.2, 0.25) is 106 Å². The highest BCUT2D eigenvalue weighted by atomic mass is 32.2. The highest BCUT2D eigenvalue weighted by Gasteiger charge is 2.46. The molecular formula is C89H121N23O20S. The number of unbranched alkanes of at least 4 members (excludes halogenated alkanes) is 2. The maximum atomic E-state index is 15.7. The largest absolute Gasteiger partial charge is 0.508 e. The number of phenolic OH excluding ortho intramolecular Hbond substituents is 1. The third-order valence-electron chi connectivity index (χ3n) is 24.2. The normalized spacial score (nSPS) is 25.0. The summed E-state index contributed by atoms with van der Waals surface area (Å²) in [6, 6.07) is -1.78. The summed E-state index contributed by atoms with van der Waals surface area (Å²) < 4.78 is 0. The molecule has 4 saturated heterocycles. The van der Waals surface area contributed by atoms with Gasteiger partial charge in [0.05, 0.1) is 31.7 Å². The molecule has 6 aromatic rings. The molecule has 4 aliphatic heterocycles. The predicted octanol–water partition coefficient (Wildman–Crippen LogP) is -3.58. The van der Waals surface area contributed by atoms with E-state index >= 15 is 43.2 Å². The Hall–Kier alpha value is -13.5. The first-order valence-corrected chi connectivity index (χ1v) is 45.9. The summed E-state index contributed by atoms with van der Waals surface area (Å²) in [7, 11) is 2.71. The van der Waals surface area contributed by atoms with Crippen LogP contribution in [-0.2, 0) is 112 Å². The molecule has 3 aromatic carbocycles. The van der Waals surface area contributed by atoms with Crippen LogP contribution in [0.2, 0.25) is 0 Å². The van der Waals surface area contributed by atoms with E-state index in [2.05, 4.69) is 78.4 Å². The lowest BCUT2D eigenvalue weighted by molar-refractivity contribution is -0.149. The van der Waals surface area contributed by atoms with Crippen molar-refractivity contribution < 1.29 is 96.5 Å². The van der Waals surface area contributed by atoms with Crippen molar-refractivity contribution in [2.24, 2.45) is 17.2 Å². The number of aliphatic hydroxyl groups excluding tert-OH is 1. The fraction of sp³-hybridized carbons (Fsp3) is 0.517. The van der Waals surface area contributed by atoms with E-state index in [4.69, 9.17) is 17.2 Å². The van der Waals surface area contributed by atoms with Gasteiger partial charge in [-0.2, -0.15) is 0 Å². The molecule has 718 valence electrons. The van der Waals surface area contributed by atoms with Gasteiger partial charge in [0.15, 0.2) is 0 Å². The summed E-state index contributed by atoms with van der Waals surface area (Å²) in [6.45, 7) is 2.61. The summed E-state index contributed by atoms with van der Waals surface area (Å²) in [5.41, 5.74) is 19.9. The number of imidazole rings is 1. The fourth-order valence-electron chi connectivity index (χ4n) is 16.9. The van der Waals surface area contributed by atoms with Gasteiger partial charge < -0.3 is 125 Å². The highest BCUT2D eigenvalue weighted by molar-refractivity contribution is 8.00. The SMILES string of the molecule is CCCC[C@H]1C(=O)N(C)[C@@H](CCCC)C(=O)N[C@@H](C)C(=O)N[C@H](C(=O)NCC(N)=O)CSCC(=O)N[C@@H](Cc2ccc(O)cc2)C(=O)N2CCCC[C@H]2C(=O)N[C@@H](CC(N)=O)C(=O)N2CCC[C@H]2C(=O)N[C@@H](Cc2cnc[nH]2)C(=O)N[C@@H](CCC(N)=O)C(=O)N2CCNC[C@H]2C(=O)N[C@@H](Cc2c[nH]c3ccccc23)C(=O)N[C@@H](CO)C(=O)N[C@@H](Cc2c[nH]c3ccccc23)C(=O)N1C. The number of aromatic nitrogens is 4. The van der Waals surface area contributed by atoms with Crippen LogP contribution in [0.5, 0.6) is 5.75 Å². The highest BCUT2D eigenvalue weighted by Crippen LogP contribution is 2.28. The number of piperazine rings is 1. The Balaban J connectivity index is 1.01. The summed E-state index contributed by atoms with van der Waals surface area (Å²) >= 11 is 0.797. The number of para-hydroxylation sites is 2. The molecule has 10 rings (SSSR count). The number of nitrogens with one attached hydrogen (secondary N) is 14. The van der Waals surface area contributed by atoms with Gasteiger partial charge in [-0.3, -0.25) is 86.3 Å². The van der Waals surface area contributed by atoms with E-state index in [1.54, 1.807) is 60.9 Å². The van der Waals surface area contributed by atoms with Crippen LogP contribution >= 0.6 is 11.8 Å². The van der Waals surface area contributed by atoms with Crippen molar-refractivity contribution in [2.75, 3.05) is 71.5 Å². The van der Waals surface area contributed by atoms with Crippen molar-refractivity contribution >= 4 is 140 Å². The Kier molecular flexibility index (Phi) is 37.1. The van der Waals surface area contributed by atoms with E-state index in [1.165, 1.54) is 62.7 Å². The number of hydrogen-bond donors (Lipinski definition) is 19. The van der Waals surface area contributed by atoms with Gasteiger partial charge in [-0.15, -0.1) is 11.8 Å². The second-order valence-electron chi connectivity index (χ2n) is 33.8. The van der Waals surface area contributed by atoms with Crippen molar-refractivity contribution in [1.82, 2.24) is 103 Å². The number of rotatable bonds is 23. The molecule has 0 aliphatic carbocycles. The zero-order chi connectivity index (χ0) is 96.3. The van der Waals surface area contributed by atoms with E-state index in [9.17, 15) is 53.4 Å². The first-order chi connectivity index (χ1) is 63.7. The molecule has 44 heteroatoms. The molecule has 22 N–H and O–H groups in total. The molecule has 3 aromatic heterocycles. The molecule has 4 fully saturated rings. The average molecular weight is 1870 g/mol. The van der Waals surface area contributed by atoms with Crippen LogP contribution in [0.25, 0.3) is 21.8 Å². The van der Waals surface area contributed by atoms with Crippen molar-refractivity contribution in [3.8, 4) is 5.75 Å². The maximum absolute atomic E-state index is 15.7. The number of hydrogen-bond acceptors (Lipinski definition) is 23. The number of piperidine rings is 1. The molecule has 7 heterocycles. The number of thioether (sulfide) groups is 1. The Morgan fingerprint density at radius 1 is 0.504 bits per heavy atom. The molecule has 0 saturated carbocycles. The van der Waals surface area contributed by atoms with Gasteiger partial charge in [-0.25, -0.2) is 4.98 Å². The lowest BCUT2D eigenvalue weighted by Gasteiger charge is -2.38. The van der Waals surface area contributed by atoms with E-state index in [1.807, 2.05) is 13.8 Å². The van der Waals surface area contributed by atoms with Crippen molar-refractivity contribution in [2.45, 2.75) is 221 Å². The van der Waals surface area contributed by atoms with E-state index in [0.29, 0.717) is 77.0 Å². The van der Waals surface area contributed by atoms with Gasteiger partial charge in [0.25, 0.3) is 0 Å². The number of likely N-dealkylation sites (N-methyl/N-ethyl adjacent to an activating group) is 2. The summed E-state index contributed by atoms with van der Waals surface area (Å²) in [4.78, 5) is 282. The zero-order valence-electron chi connectivity index (χ0n) is 75.0. The van der Waals surface area contributed by atoms with Gasteiger partial charge >= 0.3 is 0 Å². The number of phenols is 1. The van der Waals surface area contributed by atoms with Crippen LogP contribution in [-0.4, -0.2) is 317 Å². The molecule has 18 amide bonds. The van der Waals surface area contributed by atoms with Gasteiger partial charge in [0, 0.05) is 131 Å². The number of primary amides is 3. The maximum Gasteiger partial charge on any atom is 0.246 e. The predicted molar refractivity (Wildman–Crippen MR) is 485 cm³/mol. The number of fused-ring (bicyclic) bond motifs is 5. The topological polar surface area (TPSA) is 635 Å². The van der Waals surface area contributed by atoms with E-state index < -0.39 is 235 Å². The molecule has 0 bridgehead atoms. The number of aromatic hydroxyl groups is 1. The number of carbonyl (C=O) groups is 18. The summed E-state index contributed by atoms with van der Waals surface area (Å²) in [5.74, 6) is -17.7. The van der Waals surface area contributed by atoms with Gasteiger partial charge in [-0.05, 0) is 99.2 Å². The first-order valence-electron chi connectivity index (χ1n) is 44.7. The third-order valence-corrected chi connectivity index (χ3v) is 25.2. The molecule has 0 unspecified atom stereocenters. The van der Waals surface area contributed by atoms with Crippen molar-refractivity contribution in [3.05, 3.63) is 120 Å². The minimum absolute atomic E-state index is 0.00197. The summed E-state index contributed by atoms with van der Waals surface area (Å²) in [5, 5.41) is 52.2. The molecule has 4 aliphatic rings. The van der Waals surface area contributed by atoms with Crippen molar-refractivity contribution in [3.63, 3.8) is 0 Å². The quantitative estimate of drug-likeness (QED) is 0.0295. The second kappa shape index (κ2) is 48.6. The minimum atomic E-state index is -1.88. The van der Waals surface area contributed by atoms with Crippen LogP contribution in [0, 0.1) is 0 Å². The van der Waals surface area contributed by atoms with Crippen LogP contribution in [0.15, 0.2) is 97.7 Å². The lowest BCUT2D eigenvalue weighted by Crippen LogP contribution is -2.65. The standard InChI is InChI=1S/C89H121N23O20S/c1-6-8-21-67-81(124)99-49(3)76(119)107-66(77(120)97-44-74(92)117)46-133-47-75(118)100-62(35-50-25-27-54(114)28-26-50)87(130)110-32-15-14-23-68(110)83(126)105-64(39-73(91)116)88(131)111-33-16-24-69(111)82(125)103-61(38-53-42-94-48-98-53)79(122)101-59(29-30-72(90)115)86(129)112-34-31-93-43-71(112)84(127)102-60(36-51-40-95-57-19-12-10-17-55(51)57)78(121)106-65(45-113)80(123)104-63(37-52-41-96-58-20-13-11-18-56(52)58)85(128)109(5)70(22-9-7-2)89(132)108(67)4/h10-13,17-20,25-28,40-42,48-49,59-71,93,95-96,113-114H,6-9,14-16,21-24,29-39,43-47H2,1-5H3,(H2,90,115)(H2,91,116)(H2,92,117)(H,94,98)(H,97,120)(H,99,124)(H,100,118)(H,101,122)(H,102,127)(H,103,125)(H,104,123)(H,105,126)(H,106,121)(H,107,119)/t49-,59-,60-,61-,62-,63-,64-,65-,66-,67-,68-,69-,70-,71-/m0/s1. The number of nitrogens with zero attached hydrogens (tertiary/aromatic N) is 6. The summed E-state index contributed by atoms with van der Waals surface area (Å²) in [6.07, 6.45) is 5.62. The van der Waals surface area contributed by atoms with Crippen molar-refractivity contribution in [1.29, 1.82) is 0 Å². The number of benzene rings is 3.